The number of ether oxygens (including phenoxy) is 2. The number of benzene rings is 1. The van der Waals surface area contributed by atoms with Gasteiger partial charge in [-0.2, -0.15) is 0 Å². The monoisotopic (exact) mass is 414 g/mol. The number of thiophene rings is 1. The number of methoxy groups -OCH3 is 2. The van der Waals surface area contributed by atoms with Gasteiger partial charge in [0, 0.05) is 12.0 Å². The van der Waals surface area contributed by atoms with E-state index >= 15 is 0 Å². The van der Waals surface area contributed by atoms with Crippen molar-refractivity contribution < 1.29 is 19.1 Å². The average Bonchev–Trinajstić information content (AvgIpc) is 3.23. The highest BCUT2D eigenvalue weighted by molar-refractivity contribution is 7.16. The molecule has 0 fully saturated rings. The molecule has 0 radical (unpaired) electrons. The fraction of sp³-hybridized carbons (Fsp3) is 0.300. The molecule has 0 saturated carbocycles. The first-order valence-electron chi connectivity index (χ1n) is 8.87. The smallest absolute Gasteiger partial charge is 0.341 e. The van der Waals surface area contributed by atoms with Crippen molar-refractivity contribution in [3.63, 3.8) is 0 Å². The lowest BCUT2D eigenvalue weighted by atomic mass is 10.1. The van der Waals surface area contributed by atoms with Gasteiger partial charge in [-0.3, -0.25) is 4.79 Å². The van der Waals surface area contributed by atoms with E-state index < -0.39 is 11.9 Å². The molecule has 1 N–H and O–H groups in total. The first-order valence-corrected chi connectivity index (χ1v) is 9.69. The molecule has 0 bridgehead atoms. The lowest BCUT2D eigenvalue weighted by Gasteiger charge is -2.08. The summed E-state index contributed by atoms with van der Waals surface area (Å²) in [5.41, 5.74) is 3.65. The van der Waals surface area contributed by atoms with Gasteiger partial charge in [-0.05, 0) is 38.5 Å². The Kier molecular flexibility index (Phi) is 6.09. The number of aromatic nitrogens is 3. The molecule has 29 heavy (non-hydrogen) atoms. The fourth-order valence-corrected chi connectivity index (χ4v) is 3.91. The second-order valence-corrected chi connectivity index (χ2v) is 7.72. The molecule has 0 atom stereocenters. The zero-order chi connectivity index (χ0) is 21.1. The Morgan fingerprint density at radius 3 is 2.45 bits per heavy atom. The topological polar surface area (TPSA) is 95.3 Å². The van der Waals surface area contributed by atoms with Crippen LogP contribution >= 0.6 is 11.3 Å². The molecule has 3 rings (SSSR count). The van der Waals surface area contributed by atoms with Gasteiger partial charge in [-0.15, -0.1) is 16.4 Å². The molecule has 3 aromatic rings. The molecular weight excluding hydrogens is 392 g/mol. The Hall–Kier alpha value is -3.04. The summed E-state index contributed by atoms with van der Waals surface area (Å²) in [6.07, 6.45) is 0. The van der Waals surface area contributed by atoms with Gasteiger partial charge in [0.2, 0.25) is 0 Å². The van der Waals surface area contributed by atoms with Crippen molar-refractivity contribution in [1.29, 1.82) is 0 Å². The summed E-state index contributed by atoms with van der Waals surface area (Å²) in [5, 5.41) is 11.4. The van der Waals surface area contributed by atoms with Gasteiger partial charge in [0.1, 0.15) is 10.7 Å². The second kappa shape index (κ2) is 8.54. The van der Waals surface area contributed by atoms with Crippen LogP contribution in [0.1, 0.15) is 42.5 Å². The summed E-state index contributed by atoms with van der Waals surface area (Å²) in [4.78, 5) is 26.0. The van der Waals surface area contributed by atoms with Crippen LogP contribution in [0.5, 0.6) is 0 Å². The summed E-state index contributed by atoms with van der Waals surface area (Å²) in [6.45, 7) is 5.84. The van der Waals surface area contributed by atoms with E-state index in [1.807, 2.05) is 45.0 Å². The van der Waals surface area contributed by atoms with E-state index in [2.05, 4.69) is 15.6 Å². The van der Waals surface area contributed by atoms with Crippen LogP contribution in [0, 0.1) is 20.8 Å². The minimum absolute atomic E-state index is 0.131. The van der Waals surface area contributed by atoms with E-state index in [1.165, 1.54) is 25.6 Å². The Labute approximate surface area is 172 Å². The van der Waals surface area contributed by atoms with Crippen molar-refractivity contribution in [2.45, 2.75) is 27.4 Å². The van der Waals surface area contributed by atoms with Crippen LogP contribution in [0.3, 0.4) is 0 Å². The van der Waals surface area contributed by atoms with Gasteiger partial charge in [-0.25, -0.2) is 9.48 Å². The second-order valence-electron chi connectivity index (χ2n) is 6.50. The minimum Gasteiger partial charge on any atom is -0.465 e. The molecule has 8 nitrogen and oxygen atoms in total. The van der Waals surface area contributed by atoms with Gasteiger partial charge in [0.15, 0.2) is 5.69 Å². The van der Waals surface area contributed by atoms with Crippen LogP contribution in [-0.2, 0) is 16.1 Å². The molecule has 2 aromatic heterocycles. The van der Waals surface area contributed by atoms with Crippen LogP contribution in [0.4, 0.5) is 5.00 Å². The largest absolute Gasteiger partial charge is 0.465 e. The summed E-state index contributed by atoms with van der Waals surface area (Å²) in [5.74, 6) is -0.968. The van der Waals surface area contributed by atoms with Gasteiger partial charge in [-0.1, -0.05) is 22.9 Å². The standard InChI is InChI=1S/C20H22N4O4S/c1-11-6-8-14(9-7-11)24-15(10-27-4)17(22-23-24)18(25)21-19-16(20(26)28-5)12(2)13(3)29-19/h6-9H,10H2,1-5H3,(H,21,25). The molecule has 9 heteroatoms. The highest BCUT2D eigenvalue weighted by atomic mass is 32.1. The number of carbonyl (C=O) groups is 2. The van der Waals surface area contributed by atoms with Crippen molar-refractivity contribution in [2.75, 3.05) is 19.5 Å². The molecule has 1 amide bonds. The quantitative estimate of drug-likeness (QED) is 0.621. The first kappa shape index (κ1) is 20.7. The third kappa shape index (κ3) is 4.06. The van der Waals surface area contributed by atoms with Crippen LogP contribution < -0.4 is 5.32 Å². The summed E-state index contributed by atoms with van der Waals surface area (Å²) in [6, 6.07) is 7.69. The SMILES string of the molecule is COCc1c(C(=O)Nc2sc(C)c(C)c2C(=O)OC)nnn1-c1ccc(C)cc1. The lowest BCUT2D eigenvalue weighted by molar-refractivity contribution is 0.0601. The molecule has 0 aliphatic rings. The molecular formula is C20H22N4O4S. The van der Waals surface area contributed by atoms with Crippen molar-refractivity contribution in [3.05, 3.63) is 57.2 Å². The van der Waals surface area contributed by atoms with Crippen molar-refractivity contribution in [1.82, 2.24) is 15.0 Å². The molecule has 0 unspecified atom stereocenters. The number of aryl methyl sites for hydroxylation is 2. The highest BCUT2D eigenvalue weighted by Gasteiger charge is 2.25. The summed E-state index contributed by atoms with van der Waals surface area (Å²) < 4.78 is 11.7. The normalized spacial score (nSPS) is 10.8. The Bertz CT molecular complexity index is 1050. The van der Waals surface area contributed by atoms with E-state index in [1.54, 1.807) is 4.68 Å². The molecule has 1 aromatic carbocycles. The maximum atomic E-state index is 13.0. The van der Waals surface area contributed by atoms with Gasteiger partial charge in [0.25, 0.3) is 5.91 Å². The van der Waals surface area contributed by atoms with E-state index in [0.29, 0.717) is 16.3 Å². The van der Waals surface area contributed by atoms with Crippen LogP contribution in [0.2, 0.25) is 0 Å². The highest BCUT2D eigenvalue weighted by Crippen LogP contribution is 2.33. The predicted octanol–water partition coefficient (Wildman–Crippen LogP) is 3.44. The predicted molar refractivity (Wildman–Crippen MR) is 110 cm³/mol. The number of carbonyl (C=O) groups excluding carboxylic acids is 2. The van der Waals surface area contributed by atoms with Gasteiger partial charge >= 0.3 is 5.97 Å². The molecule has 0 saturated heterocycles. The molecule has 0 spiro atoms. The molecule has 152 valence electrons. The van der Waals surface area contributed by atoms with Crippen LogP contribution in [0.25, 0.3) is 5.69 Å². The molecule has 0 aliphatic carbocycles. The Morgan fingerprint density at radius 1 is 1.14 bits per heavy atom. The zero-order valence-electron chi connectivity index (χ0n) is 16.9. The molecule has 0 aliphatic heterocycles. The summed E-state index contributed by atoms with van der Waals surface area (Å²) >= 11 is 1.31. The van der Waals surface area contributed by atoms with Gasteiger partial charge in [0.05, 0.1) is 25.0 Å². The fourth-order valence-electron chi connectivity index (χ4n) is 2.86. The van der Waals surface area contributed by atoms with Crippen LogP contribution in [-0.4, -0.2) is 41.1 Å². The number of anilines is 1. The number of nitrogens with zero attached hydrogens (tertiary/aromatic N) is 3. The maximum absolute atomic E-state index is 13.0. The summed E-state index contributed by atoms with van der Waals surface area (Å²) in [7, 11) is 2.85. The number of esters is 1. The van der Waals surface area contributed by atoms with E-state index in [0.717, 1.165) is 21.7 Å². The number of amides is 1. The third-order valence-electron chi connectivity index (χ3n) is 4.54. The van der Waals surface area contributed by atoms with E-state index in [9.17, 15) is 9.59 Å². The number of hydrogen-bond acceptors (Lipinski definition) is 7. The van der Waals surface area contributed by atoms with Gasteiger partial charge < -0.3 is 14.8 Å². The minimum atomic E-state index is -0.498. The molecule has 2 heterocycles. The maximum Gasteiger partial charge on any atom is 0.341 e. The van der Waals surface area contributed by atoms with E-state index in [-0.39, 0.29) is 12.3 Å². The Morgan fingerprint density at radius 2 is 1.83 bits per heavy atom. The van der Waals surface area contributed by atoms with Crippen molar-refractivity contribution >= 4 is 28.2 Å². The number of hydrogen-bond donors (Lipinski definition) is 1. The van der Waals surface area contributed by atoms with Crippen LogP contribution in [0.15, 0.2) is 24.3 Å². The van der Waals surface area contributed by atoms with Crippen molar-refractivity contribution in [2.24, 2.45) is 0 Å². The zero-order valence-corrected chi connectivity index (χ0v) is 17.7. The lowest BCUT2D eigenvalue weighted by Crippen LogP contribution is -2.17. The third-order valence-corrected chi connectivity index (χ3v) is 5.66. The number of rotatable bonds is 6. The first-order chi connectivity index (χ1) is 13.9. The number of nitrogens with one attached hydrogen (secondary N) is 1. The van der Waals surface area contributed by atoms with E-state index in [4.69, 9.17) is 9.47 Å². The Balaban J connectivity index is 1.97. The van der Waals surface area contributed by atoms with Crippen molar-refractivity contribution in [3.8, 4) is 5.69 Å². The average molecular weight is 414 g/mol.